The van der Waals surface area contributed by atoms with Gasteiger partial charge in [-0.2, -0.15) is 0 Å². The van der Waals surface area contributed by atoms with Gasteiger partial charge in [0.25, 0.3) is 0 Å². The van der Waals surface area contributed by atoms with E-state index in [0.717, 1.165) is 34.0 Å². The zero-order valence-electron chi connectivity index (χ0n) is 31.6. The number of hydrogen-bond acceptors (Lipinski definition) is 11. The monoisotopic (exact) mass is 790 g/mol. The minimum absolute atomic E-state index is 0.0748. The van der Waals surface area contributed by atoms with Crippen LogP contribution in [0.1, 0.15) is 70.6 Å². The summed E-state index contributed by atoms with van der Waals surface area (Å²) in [6.07, 6.45) is -6.28. The highest BCUT2D eigenvalue weighted by atomic mass is 32.2. The largest absolute Gasteiger partial charge is 0.462 e. The van der Waals surface area contributed by atoms with Crippen LogP contribution in [0.25, 0.3) is 0 Å². The molecule has 1 N–H and O–H groups in total. The fraction of sp³-hybridized carbons (Fsp3) is 0.326. The van der Waals surface area contributed by atoms with Crippen molar-refractivity contribution in [3.63, 3.8) is 0 Å². The third-order valence-electron chi connectivity index (χ3n) is 8.76. The number of esters is 4. The molecule has 0 aliphatic carbocycles. The molecule has 7 atom stereocenters. The molecule has 0 bridgehead atoms. The molecule has 1 fully saturated rings. The van der Waals surface area contributed by atoms with Gasteiger partial charge in [0, 0.05) is 5.92 Å². The van der Waals surface area contributed by atoms with E-state index in [1.54, 1.807) is 104 Å². The summed E-state index contributed by atoms with van der Waals surface area (Å²) in [6, 6.07) is 26.9. The molecule has 296 valence electrons. The number of hydrogen-bond donors (Lipinski definition) is 1. The Hall–Kier alpha value is -5.40. The number of rotatable bonds is 13. The highest BCUT2D eigenvalue weighted by molar-refractivity contribution is 8.00. The molecule has 0 radical (unpaired) electrons. The summed E-state index contributed by atoms with van der Waals surface area (Å²) in [5, 5.41) is 9.13. The van der Waals surface area contributed by atoms with Crippen molar-refractivity contribution in [3.05, 3.63) is 142 Å². The number of thioether (sulfide) groups is 1. The molecule has 4 aromatic rings. The third-order valence-corrected chi connectivity index (χ3v) is 10.1. The second-order valence-corrected chi connectivity index (χ2v) is 14.8. The average molecular weight is 791 g/mol. The van der Waals surface area contributed by atoms with Crippen LogP contribution in [0.4, 0.5) is 8.78 Å². The minimum atomic E-state index is -2.03. The summed E-state index contributed by atoms with van der Waals surface area (Å²) < 4.78 is 49.4. The summed E-state index contributed by atoms with van der Waals surface area (Å²) in [7, 11) is 0. The highest BCUT2D eigenvalue weighted by Gasteiger charge is 2.47. The van der Waals surface area contributed by atoms with Gasteiger partial charge < -0.3 is 24.1 Å². The van der Waals surface area contributed by atoms with E-state index in [2.05, 4.69) is 0 Å². The third kappa shape index (κ3) is 12.3. The lowest BCUT2D eigenvalue weighted by Crippen LogP contribution is -2.37. The Morgan fingerprint density at radius 3 is 1.50 bits per heavy atom. The molecular formula is C43H44F2O10S. The van der Waals surface area contributed by atoms with Crippen LogP contribution in [-0.4, -0.2) is 83.7 Å². The lowest BCUT2D eigenvalue weighted by atomic mass is 10.0. The van der Waals surface area contributed by atoms with E-state index in [4.69, 9.17) is 18.9 Å². The first-order valence-electron chi connectivity index (χ1n) is 17.8. The molecule has 10 nitrogen and oxygen atoms in total. The van der Waals surface area contributed by atoms with E-state index >= 15 is 0 Å². The van der Waals surface area contributed by atoms with Gasteiger partial charge in [0.15, 0.2) is 24.7 Å². The van der Waals surface area contributed by atoms with Crippen LogP contribution in [0.2, 0.25) is 0 Å². The molecule has 0 amide bonds. The van der Waals surface area contributed by atoms with Gasteiger partial charge in [-0.05, 0) is 76.2 Å². The van der Waals surface area contributed by atoms with Gasteiger partial charge in [-0.3, -0.25) is 4.79 Å². The number of aliphatic hydroxyl groups excluding tert-OH is 1. The van der Waals surface area contributed by atoms with Crippen LogP contribution in [0, 0.1) is 33.6 Å². The maximum absolute atomic E-state index is 14.4. The van der Waals surface area contributed by atoms with E-state index in [1.165, 1.54) is 0 Å². The molecule has 1 heterocycles. The van der Waals surface area contributed by atoms with Crippen molar-refractivity contribution in [2.24, 2.45) is 5.92 Å². The molecule has 0 aromatic heterocycles. The van der Waals surface area contributed by atoms with Gasteiger partial charge in [0.05, 0.1) is 34.1 Å². The Morgan fingerprint density at radius 1 is 0.679 bits per heavy atom. The average Bonchev–Trinajstić information content (AvgIpc) is 3.46. The summed E-state index contributed by atoms with van der Waals surface area (Å²) in [6.45, 7) is 8.71. The van der Waals surface area contributed by atoms with E-state index in [0.29, 0.717) is 16.7 Å². The first-order valence-corrected chi connectivity index (χ1v) is 18.7. The number of ether oxygens (including phenoxy) is 4. The second-order valence-electron chi connectivity index (χ2n) is 13.5. The van der Waals surface area contributed by atoms with Crippen molar-refractivity contribution in [2.45, 2.75) is 69.9 Å². The number of alkyl halides is 2. The summed E-state index contributed by atoms with van der Waals surface area (Å²) in [5.41, 5.74) is 3.87. The highest BCUT2D eigenvalue weighted by Crippen LogP contribution is 2.37. The summed E-state index contributed by atoms with van der Waals surface area (Å²) >= 11 is 0.887. The summed E-state index contributed by atoms with van der Waals surface area (Å²) in [4.78, 5) is 59.8. The quantitative estimate of drug-likeness (QED) is 0.0828. The summed E-state index contributed by atoms with van der Waals surface area (Å²) in [5.74, 6) is -3.27. The van der Waals surface area contributed by atoms with Crippen molar-refractivity contribution < 1.29 is 56.8 Å². The van der Waals surface area contributed by atoms with Crippen LogP contribution in [0.3, 0.4) is 0 Å². The molecule has 0 saturated carbocycles. The van der Waals surface area contributed by atoms with E-state index in [9.17, 15) is 37.9 Å². The number of aldehydes is 1. The maximum atomic E-state index is 14.4. The first kappa shape index (κ1) is 43.3. The Bertz CT molecular complexity index is 1940. The first-order chi connectivity index (χ1) is 26.7. The Labute approximate surface area is 328 Å². The number of aryl methyl sites for hydroxylation is 4. The number of aliphatic hydroxyl groups is 1. The van der Waals surface area contributed by atoms with E-state index in [1.807, 2.05) is 27.7 Å². The zero-order valence-corrected chi connectivity index (χ0v) is 32.4. The fourth-order valence-corrected chi connectivity index (χ4v) is 6.48. The molecule has 0 spiro atoms. The topological polar surface area (TPSA) is 143 Å². The van der Waals surface area contributed by atoms with Gasteiger partial charge in [-0.25, -0.2) is 28.0 Å². The van der Waals surface area contributed by atoms with Gasteiger partial charge in [0.2, 0.25) is 0 Å². The van der Waals surface area contributed by atoms with Gasteiger partial charge in [-0.1, -0.05) is 77.7 Å². The predicted octanol–water partition coefficient (Wildman–Crippen LogP) is 7.32. The Balaban J connectivity index is 0.000000249. The van der Waals surface area contributed by atoms with Crippen LogP contribution in [0.15, 0.2) is 97.1 Å². The van der Waals surface area contributed by atoms with Crippen molar-refractivity contribution in [3.8, 4) is 0 Å². The molecule has 56 heavy (non-hydrogen) atoms. The second kappa shape index (κ2) is 20.5. The number of benzene rings is 4. The Kier molecular flexibility index (Phi) is 15.9. The van der Waals surface area contributed by atoms with Gasteiger partial charge in [-0.15, -0.1) is 11.8 Å². The molecule has 4 aromatic carbocycles. The number of carbonyl (C=O) groups is 5. The van der Waals surface area contributed by atoms with E-state index < -0.39 is 65.0 Å². The van der Waals surface area contributed by atoms with Crippen LogP contribution >= 0.6 is 11.8 Å². The van der Waals surface area contributed by atoms with Crippen LogP contribution in [-0.2, 0) is 23.7 Å². The molecule has 5 rings (SSSR count). The van der Waals surface area contributed by atoms with E-state index in [-0.39, 0.29) is 25.1 Å². The SMILES string of the molecule is Cc1ccc(C(=O)OC[C@H](C)[C@@H](OC(=O)c2ccc(C)cc2)[C@H](F)C=O)cc1.Cc1ccc(C(=O)OC[C@H]2SC(O)[C@@H](F)[C@@H]2OC(=O)c2ccc(C)cc2)cc1. The van der Waals surface area contributed by atoms with Crippen molar-refractivity contribution >= 4 is 41.9 Å². The minimum Gasteiger partial charge on any atom is -0.462 e. The molecular weight excluding hydrogens is 747 g/mol. The smallest absolute Gasteiger partial charge is 0.338 e. The molecule has 13 heteroatoms. The number of carbonyl (C=O) groups excluding carboxylic acids is 5. The van der Waals surface area contributed by atoms with Gasteiger partial charge >= 0.3 is 23.9 Å². The normalized spacial score (nSPS) is 18.9. The molecule has 1 saturated heterocycles. The standard InChI is InChI=1S/C22H23FO5.C21H21FO5S/c1-14-4-8-17(9-5-14)21(25)27-13-16(3)20(19(23)12-24)28-22(26)18-10-6-15(2)7-11-18;1-12-3-7-14(8-4-12)19(23)26-11-16-18(17(22)21(25)28-16)27-20(24)15-9-5-13(2)6-10-15/h4-12,16,19-20H,13H2,1-3H3;3-10,16-18,21,25H,11H2,1-2H3/t16-,19+,20+;16-,17+,18-,21?/m01/s1. The maximum Gasteiger partial charge on any atom is 0.338 e. The Morgan fingerprint density at radius 2 is 1.07 bits per heavy atom. The predicted molar refractivity (Wildman–Crippen MR) is 206 cm³/mol. The van der Waals surface area contributed by atoms with Crippen molar-refractivity contribution in [1.82, 2.24) is 0 Å². The number of halogens is 2. The molecule has 1 aliphatic heterocycles. The van der Waals surface area contributed by atoms with Gasteiger partial charge in [0.1, 0.15) is 18.1 Å². The van der Waals surface area contributed by atoms with Crippen molar-refractivity contribution in [2.75, 3.05) is 13.2 Å². The van der Waals surface area contributed by atoms with Crippen LogP contribution in [0.5, 0.6) is 0 Å². The molecule has 1 aliphatic rings. The van der Waals surface area contributed by atoms with Crippen molar-refractivity contribution in [1.29, 1.82) is 0 Å². The lowest BCUT2D eigenvalue weighted by molar-refractivity contribution is -0.117. The van der Waals surface area contributed by atoms with Crippen LogP contribution < -0.4 is 0 Å². The zero-order chi connectivity index (χ0) is 40.9. The lowest BCUT2D eigenvalue weighted by Gasteiger charge is -2.24. The molecule has 1 unspecified atom stereocenters. The fourth-order valence-electron chi connectivity index (χ4n) is 5.31.